The Labute approximate surface area is 67.7 Å². The van der Waals surface area contributed by atoms with Gasteiger partial charge in [0.2, 0.25) is 0 Å². The Morgan fingerprint density at radius 2 is 2.18 bits per heavy atom. The molecular formula is C8H17NO2. The average Bonchev–Trinajstić information content (AvgIpc) is 1.85. The zero-order valence-corrected chi connectivity index (χ0v) is 7.21. The number of hydrogen-bond acceptors (Lipinski definition) is 3. The predicted octanol–water partition coefficient (Wildman–Crippen LogP) is 0.134. The molecule has 0 aliphatic carbocycles. The highest BCUT2D eigenvalue weighted by atomic mass is 16.5. The SMILES string of the molecule is CC(C)N[C@@H]1COC[C@H](O)C1. The Hall–Kier alpha value is -0.120. The van der Waals surface area contributed by atoms with Gasteiger partial charge in [0, 0.05) is 12.1 Å². The van der Waals surface area contributed by atoms with E-state index in [1.54, 1.807) is 0 Å². The van der Waals surface area contributed by atoms with E-state index in [2.05, 4.69) is 19.2 Å². The van der Waals surface area contributed by atoms with Crippen molar-refractivity contribution in [1.29, 1.82) is 0 Å². The normalized spacial score (nSPS) is 32.7. The van der Waals surface area contributed by atoms with Gasteiger partial charge in [-0.05, 0) is 6.42 Å². The van der Waals surface area contributed by atoms with Crippen molar-refractivity contribution in [2.45, 2.75) is 38.5 Å². The topological polar surface area (TPSA) is 41.5 Å². The van der Waals surface area contributed by atoms with Crippen LogP contribution < -0.4 is 5.32 Å². The largest absolute Gasteiger partial charge is 0.391 e. The number of ether oxygens (including phenoxy) is 1. The van der Waals surface area contributed by atoms with Gasteiger partial charge in [-0.3, -0.25) is 0 Å². The first-order chi connectivity index (χ1) is 5.18. The van der Waals surface area contributed by atoms with Crippen LogP contribution in [0.15, 0.2) is 0 Å². The summed E-state index contributed by atoms with van der Waals surface area (Å²) in [6.07, 6.45) is 0.540. The van der Waals surface area contributed by atoms with Crippen LogP contribution in [-0.2, 0) is 4.74 Å². The van der Waals surface area contributed by atoms with Crippen LogP contribution >= 0.6 is 0 Å². The zero-order valence-electron chi connectivity index (χ0n) is 7.21. The zero-order chi connectivity index (χ0) is 8.27. The van der Waals surface area contributed by atoms with Crippen LogP contribution in [0.3, 0.4) is 0 Å². The molecule has 0 aromatic carbocycles. The summed E-state index contributed by atoms with van der Waals surface area (Å²) >= 11 is 0. The fourth-order valence-electron chi connectivity index (χ4n) is 1.40. The summed E-state index contributed by atoms with van der Waals surface area (Å²) in [7, 11) is 0. The van der Waals surface area contributed by atoms with Gasteiger partial charge in [0.25, 0.3) is 0 Å². The minimum atomic E-state index is -0.278. The maximum Gasteiger partial charge on any atom is 0.0789 e. The maximum absolute atomic E-state index is 9.23. The Morgan fingerprint density at radius 1 is 1.45 bits per heavy atom. The highest BCUT2D eigenvalue weighted by molar-refractivity contribution is 4.76. The van der Waals surface area contributed by atoms with Crippen LogP contribution in [0.25, 0.3) is 0 Å². The predicted molar refractivity (Wildman–Crippen MR) is 43.5 cm³/mol. The first kappa shape index (κ1) is 8.97. The molecule has 0 spiro atoms. The Morgan fingerprint density at radius 3 is 2.73 bits per heavy atom. The molecule has 1 aliphatic heterocycles. The van der Waals surface area contributed by atoms with Gasteiger partial charge >= 0.3 is 0 Å². The van der Waals surface area contributed by atoms with Crippen molar-refractivity contribution >= 4 is 0 Å². The molecule has 1 fully saturated rings. The van der Waals surface area contributed by atoms with E-state index in [9.17, 15) is 5.11 Å². The summed E-state index contributed by atoms with van der Waals surface area (Å²) in [5.41, 5.74) is 0. The molecule has 2 N–H and O–H groups in total. The quantitative estimate of drug-likeness (QED) is 0.602. The Bertz CT molecular complexity index is 115. The third-order valence-corrected chi connectivity index (χ3v) is 1.75. The highest BCUT2D eigenvalue weighted by Gasteiger charge is 2.20. The number of aliphatic hydroxyl groups is 1. The molecule has 3 nitrogen and oxygen atoms in total. The van der Waals surface area contributed by atoms with Gasteiger partial charge in [-0.25, -0.2) is 0 Å². The summed E-state index contributed by atoms with van der Waals surface area (Å²) in [6, 6.07) is 0.799. The fourth-order valence-corrected chi connectivity index (χ4v) is 1.40. The molecule has 1 saturated heterocycles. The number of rotatable bonds is 2. The van der Waals surface area contributed by atoms with Gasteiger partial charge in [-0.2, -0.15) is 0 Å². The third kappa shape index (κ3) is 3.18. The van der Waals surface area contributed by atoms with E-state index in [-0.39, 0.29) is 6.10 Å². The molecule has 0 unspecified atom stereocenters. The van der Waals surface area contributed by atoms with E-state index < -0.39 is 0 Å². The number of hydrogen-bond donors (Lipinski definition) is 2. The number of nitrogens with one attached hydrogen (secondary N) is 1. The summed E-state index contributed by atoms with van der Waals surface area (Å²) in [5.74, 6) is 0. The van der Waals surface area contributed by atoms with Crippen LogP contribution in [0.4, 0.5) is 0 Å². The van der Waals surface area contributed by atoms with Crippen LogP contribution in [0.5, 0.6) is 0 Å². The van der Waals surface area contributed by atoms with E-state index in [4.69, 9.17) is 4.74 Å². The number of aliphatic hydroxyl groups excluding tert-OH is 1. The second kappa shape index (κ2) is 4.04. The smallest absolute Gasteiger partial charge is 0.0789 e. The van der Waals surface area contributed by atoms with E-state index in [0.29, 0.717) is 18.7 Å². The second-order valence-corrected chi connectivity index (χ2v) is 3.45. The molecule has 0 aromatic heterocycles. The third-order valence-electron chi connectivity index (χ3n) is 1.75. The summed E-state index contributed by atoms with van der Waals surface area (Å²) < 4.78 is 5.18. The van der Waals surface area contributed by atoms with E-state index >= 15 is 0 Å². The van der Waals surface area contributed by atoms with E-state index in [1.807, 2.05) is 0 Å². The van der Waals surface area contributed by atoms with Gasteiger partial charge in [0.15, 0.2) is 0 Å². The van der Waals surface area contributed by atoms with E-state index in [1.165, 1.54) is 0 Å². The molecule has 0 saturated carbocycles. The van der Waals surface area contributed by atoms with Crippen LogP contribution in [-0.4, -0.2) is 36.5 Å². The van der Waals surface area contributed by atoms with Crippen LogP contribution in [0, 0.1) is 0 Å². The van der Waals surface area contributed by atoms with Gasteiger partial charge < -0.3 is 15.2 Å². The minimum absolute atomic E-state index is 0.278. The van der Waals surface area contributed by atoms with Gasteiger partial charge in [0.05, 0.1) is 19.3 Å². The Kier molecular flexibility index (Phi) is 3.30. The minimum Gasteiger partial charge on any atom is -0.391 e. The summed E-state index contributed by atoms with van der Waals surface area (Å²) in [4.78, 5) is 0. The Balaban J connectivity index is 2.23. The molecule has 1 rings (SSSR count). The first-order valence-corrected chi connectivity index (χ1v) is 4.20. The molecule has 0 aromatic rings. The van der Waals surface area contributed by atoms with E-state index in [0.717, 1.165) is 13.0 Å². The lowest BCUT2D eigenvalue weighted by atomic mass is 10.1. The van der Waals surface area contributed by atoms with Gasteiger partial charge in [-0.15, -0.1) is 0 Å². The lowest BCUT2D eigenvalue weighted by Gasteiger charge is -2.28. The molecule has 0 amide bonds. The molecular weight excluding hydrogens is 142 g/mol. The standard InChI is InChI=1S/C8H17NO2/c1-6(2)9-7-3-8(10)5-11-4-7/h6-10H,3-5H2,1-2H3/t7-,8+/m0/s1. The van der Waals surface area contributed by atoms with Crippen molar-refractivity contribution in [3.8, 4) is 0 Å². The molecule has 1 heterocycles. The average molecular weight is 159 g/mol. The molecule has 11 heavy (non-hydrogen) atoms. The fraction of sp³-hybridized carbons (Fsp3) is 1.00. The summed E-state index contributed by atoms with van der Waals surface area (Å²) in [6.45, 7) is 5.42. The lowest BCUT2D eigenvalue weighted by molar-refractivity contribution is -0.0244. The first-order valence-electron chi connectivity index (χ1n) is 4.20. The van der Waals surface area contributed by atoms with Gasteiger partial charge in [0.1, 0.15) is 0 Å². The van der Waals surface area contributed by atoms with Crippen molar-refractivity contribution in [1.82, 2.24) is 5.32 Å². The van der Waals surface area contributed by atoms with Crippen molar-refractivity contribution in [3.05, 3.63) is 0 Å². The van der Waals surface area contributed by atoms with Crippen molar-refractivity contribution in [2.75, 3.05) is 13.2 Å². The molecule has 0 radical (unpaired) electrons. The summed E-state index contributed by atoms with van der Waals surface area (Å²) in [5, 5.41) is 12.6. The van der Waals surface area contributed by atoms with Crippen molar-refractivity contribution in [3.63, 3.8) is 0 Å². The molecule has 1 aliphatic rings. The monoisotopic (exact) mass is 159 g/mol. The van der Waals surface area contributed by atoms with Gasteiger partial charge in [-0.1, -0.05) is 13.8 Å². The molecule has 2 atom stereocenters. The van der Waals surface area contributed by atoms with Crippen molar-refractivity contribution < 1.29 is 9.84 Å². The second-order valence-electron chi connectivity index (χ2n) is 3.45. The maximum atomic E-state index is 9.23. The van der Waals surface area contributed by atoms with Crippen LogP contribution in [0.1, 0.15) is 20.3 Å². The van der Waals surface area contributed by atoms with Crippen molar-refractivity contribution in [2.24, 2.45) is 0 Å². The molecule has 3 heteroatoms. The highest BCUT2D eigenvalue weighted by Crippen LogP contribution is 2.07. The lowest BCUT2D eigenvalue weighted by Crippen LogP contribution is -2.45. The van der Waals surface area contributed by atoms with Crippen LogP contribution in [0.2, 0.25) is 0 Å². The molecule has 66 valence electrons. The molecule has 0 bridgehead atoms.